The lowest BCUT2D eigenvalue weighted by atomic mass is 10.2. The number of fused-ring (bicyclic) bond motifs is 1. The molecule has 0 radical (unpaired) electrons. The number of rotatable bonds is 4. The van der Waals surface area contributed by atoms with Crippen molar-refractivity contribution in [1.29, 1.82) is 0 Å². The van der Waals surface area contributed by atoms with E-state index in [1.165, 1.54) is 6.33 Å². The third-order valence-corrected chi connectivity index (χ3v) is 5.52. The zero-order chi connectivity index (χ0) is 17.9. The van der Waals surface area contributed by atoms with E-state index < -0.39 is 0 Å². The fourth-order valence-corrected chi connectivity index (χ4v) is 4.10. The maximum absolute atomic E-state index is 12.6. The first-order chi connectivity index (χ1) is 12.7. The number of halogens is 2. The van der Waals surface area contributed by atoms with Crippen molar-refractivity contribution in [2.45, 2.75) is 6.04 Å². The van der Waals surface area contributed by atoms with E-state index >= 15 is 0 Å². The van der Waals surface area contributed by atoms with Gasteiger partial charge in [-0.25, -0.2) is 15.0 Å². The molecule has 12 heteroatoms. The lowest BCUT2D eigenvalue weighted by Gasteiger charge is -2.31. The van der Waals surface area contributed by atoms with Crippen LogP contribution in [0.15, 0.2) is 23.8 Å². The van der Waals surface area contributed by atoms with Crippen molar-refractivity contribution in [1.82, 2.24) is 35.5 Å². The number of hydrogen-bond donors (Lipinski definition) is 3. The van der Waals surface area contributed by atoms with E-state index in [2.05, 4.69) is 42.5 Å². The molecule has 0 bridgehead atoms. The van der Waals surface area contributed by atoms with Crippen LogP contribution in [0.2, 0.25) is 0 Å². The van der Waals surface area contributed by atoms with Crippen molar-refractivity contribution < 1.29 is 4.79 Å². The normalized spacial score (nSPS) is 20.1. The molecule has 0 spiro atoms. The number of thioether (sulfide) groups is 1. The highest BCUT2D eigenvalue weighted by Crippen LogP contribution is 2.27. The summed E-state index contributed by atoms with van der Waals surface area (Å²) < 4.78 is 0. The van der Waals surface area contributed by atoms with Crippen molar-refractivity contribution in [2.75, 3.05) is 50.4 Å². The monoisotopic (exact) mass is 446 g/mol. The second-order valence-corrected chi connectivity index (χ2v) is 7.59. The van der Waals surface area contributed by atoms with E-state index in [1.807, 2.05) is 11.1 Å². The summed E-state index contributed by atoms with van der Waals surface area (Å²) in [6.45, 7) is 4.34. The number of nitrogens with one attached hydrogen (secondary N) is 3. The number of carbonyl (C=O) groups excluding carboxylic acids is 1. The minimum absolute atomic E-state index is 0. The Morgan fingerprint density at radius 2 is 2.18 bits per heavy atom. The fourth-order valence-electron chi connectivity index (χ4n) is 3.19. The molecule has 154 valence electrons. The Kier molecular flexibility index (Phi) is 8.32. The Morgan fingerprint density at radius 1 is 1.32 bits per heavy atom. The van der Waals surface area contributed by atoms with Crippen LogP contribution in [0, 0.1) is 0 Å². The minimum atomic E-state index is -0.0374. The van der Waals surface area contributed by atoms with Gasteiger partial charge < -0.3 is 25.4 Å². The number of likely N-dealkylation sites (N-methyl/N-ethyl adjacent to an activating group) is 1. The van der Waals surface area contributed by atoms with E-state index in [1.54, 1.807) is 18.1 Å². The van der Waals surface area contributed by atoms with Gasteiger partial charge >= 0.3 is 0 Å². The molecule has 1 atom stereocenters. The molecule has 2 aromatic rings. The van der Waals surface area contributed by atoms with Crippen LogP contribution in [0.5, 0.6) is 0 Å². The van der Waals surface area contributed by atoms with Crippen LogP contribution < -0.4 is 15.5 Å². The Morgan fingerprint density at radius 3 is 3.00 bits per heavy atom. The number of carbonyl (C=O) groups is 1. The lowest BCUT2D eigenvalue weighted by Crippen LogP contribution is -2.53. The average molecular weight is 447 g/mol. The molecule has 28 heavy (non-hydrogen) atoms. The number of H-pyrrole nitrogens is 1. The number of nitrogens with zero attached hydrogens (tertiary/aromatic N) is 5. The smallest absolute Gasteiger partial charge is 0.259 e. The first-order valence-electron chi connectivity index (χ1n) is 8.66. The van der Waals surface area contributed by atoms with E-state index in [9.17, 15) is 4.79 Å². The summed E-state index contributed by atoms with van der Waals surface area (Å²) in [6.07, 6.45) is 4.97. The Labute approximate surface area is 180 Å². The molecular weight excluding hydrogens is 423 g/mol. The maximum atomic E-state index is 12.6. The standard InChI is InChI=1S/C16H22N8OS.2ClH/c1-23-3-2-17-11(7-23)6-18-16(25)12-8-24(4-5-26-12)15-13-14(20-9-19-13)21-10-22-15;;/h8-11,17H,2-7H2,1H3,(H,18,25)(H,19,20,21,22);2*1H. The van der Waals surface area contributed by atoms with Gasteiger partial charge in [-0.1, -0.05) is 0 Å². The van der Waals surface area contributed by atoms with Crippen LogP contribution in [0.25, 0.3) is 11.2 Å². The van der Waals surface area contributed by atoms with Crippen LogP contribution in [-0.2, 0) is 4.79 Å². The molecule has 0 aromatic carbocycles. The summed E-state index contributed by atoms with van der Waals surface area (Å²) in [5.74, 6) is 1.53. The third-order valence-electron chi connectivity index (χ3n) is 4.53. The number of imidazole rings is 1. The molecule has 2 aromatic heterocycles. The first kappa shape index (κ1) is 22.7. The molecule has 1 saturated heterocycles. The lowest BCUT2D eigenvalue weighted by molar-refractivity contribution is -0.117. The molecule has 3 N–H and O–H groups in total. The Balaban J connectivity index is 0.00000140. The zero-order valence-electron chi connectivity index (χ0n) is 15.4. The van der Waals surface area contributed by atoms with Gasteiger partial charge in [-0.3, -0.25) is 4.79 Å². The highest BCUT2D eigenvalue weighted by atomic mass is 35.5. The quantitative estimate of drug-likeness (QED) is 0.627. The van der Waals surface area contributed by atoms with Crippen molar-refractivity contribution >= 4 is 59.5 Å². The highest BCUT2D eigenvalue weighted by molar-refractivity contribution is 8.04. The van der Waals surface area contributed by atoms with Crippen molar-refractivity contribution in [3.05, 3.63) is 23.8 Å². The predicted molar refractivity (Wildman–Crippen MR) is 116 cm³/mol. The largest absolute Gasteiger partial charge is 0.350 e. The highest BCUT2D eigenvalue weighted by Gasteiger charge is 2.22. The number of aromatic amines is 1. The molecular formula is C16H24Cl2N8OS. The van der Waals surface area contributed by atoms with Crippen LogP contribution in [0.4, 0.5) is 5.82 Å². The number of anilines is 1. The van der Waals surface area contributed by atoms with Gasteiger partial charge in [-0.05, 0) is 7.05 Å². The average Bonchev–Trinajstić information content (AvgIpc) is 3.15. The molecule has 9 nitrogen and oxygen atoms in total. The van der Waals surface area contributed by atoms with Gasteiger partial charge in [0.2, 0.25) is 0 Å². The molecule has 1 unspecified atom stereocenters. The topological polar surface area (TPSA) is 102 Å². The third kappa shape index (κ3) is 5.06. The van der Waals surface area contributed by atoms with Crippen molar-refractivity contribution in [3.8, 4) is 0 Å². The van der Waals surface area contributed by atoms with Crippen molar-refractivity contribution in [3.63, 3.8) is 0 Å². The molecule has 0 aliphatic carbocycles. The maximum Gasteiger partial charge on any atom is 0.259 e. The molecule has 1 amide bonds. The molecule has 4 rings (SSSR count). The summed E-state index contributed by atoms with van der Waals surface area (Å²) >= 11 is 1.57. The second-order valence-electron chi connectivity index (χ2n) is 6.46. The summed E-state index contributed by atoms with van der Waals surface area (Å²) in [6, 6.07) is 0.287. The van der Waals surface area contributed by atoms with Crippen molar-refractivity contribution in [2.24, 2.45) is 0 Å². The molecule has 2 aliphatic heterocycles. The van der Waals surface area contributed by atoms with Gasteiger partial charge in [-0.2, -0.15) is 0 Å². The number of aromatic nitrogens is 4. The molecule has 0 saturated carbocycles. The summed E-state index contributed by atoms with van der Waals surface area (Å²) in [5, 5.41) is 6.49. The SMILES string of the molecule is CN1CCNC(CNC(=O)C2=CN(c3ncnc4nc[nH]c34)CCS2)C1.Cl.Cl. The van der Waals surface area contributed by atoms with Gasteiger partial charge in [0.15, 0.2) is 11.5 Å². The van der Waals surface area contributed by atoms with E-state index in [0.717, 1.165) is 43.3 Å². The predicted octanol–water partition coefficient (Wildman–Crippen LogP) is 0.611. The van der Waals surface area contributed by atoms with E-state index in [4.69, 9.17) is 0 Å². The molecule has 1 fully saturated rings. The molecule has 2 aliphatic rings. The Hall–Kier alpha value is -1.59. The van der Waals surface area contributed by atoms with Gasteiger partial charge in [-0.15, -0.1) is 36.6 Å². The fraction of sp³-hybridized carbons (Fsp3) is 0.500. The van der Waals surface area contributed by atoms with E-state index in [0.29, 0.717) is 17.1 Å². The zero-order valence-corrected chi connectivity index (χ0v) is 17.9. The Bertz CT molecular complexity index is 832. The number of piperazine rings is 1. The van der Waals surface area contributed by atoms with Gasteiger partial charge in [0, 0.05) is 50.7 Å². The second kappa shape index (κ2) is 10.3. The number of amides is 1. The van der Waals surface area contributed by atoms with Crippen LogP contribution in [0.3, 0.4) is 0 Å². The number of hydrogen-bond acceptors (Lipinski definition) is 8. The summed E-state index contributed by atoms with van der Waals surface area (Å²) in [4.78, 5) is 33.3. The van der Waals surface area contributed by atoms with Crippen LogP contribution >= 0.6 is 36.6 Å². The minimum Gasteiger partial charge on any atom is -0.350 e. The van der Waals surface area contributed by atoms with Crippen LogP contribution in [0.1, 0.15) is 0 Å². The first-order valence-corrected chi connectivity index (χ1v) is 9.65. The van der Waals surface area contributed by atoms with Gasteiger partial charge in [0.1, 0.15) is 11.8 Å². The summed E-state index contributed by atoms with van der Waals surface area (Å²) in [5.41, 5.74) is 1.41. The molecule has 4 heterocycles. The van der Waals surface area contributed by atoms with Crippen LogP contribution in [-0.4, -0.2) is 82.3 Å². The van der Waals surface area contributed by atoms with Gasteiger partial charge in [0.05, 0.1) is 11.2 Å². The van der Waals surface area contributed by atoms with E-state index in [-0.39, 0.29) is 36.8 Å². The van der Waals surface area contributed by atoms with Gasteiger partial charge in [0.25, 0.3) is 5.91 Å². The summed E-state index contributed by atoms with van der Waals surface area (Å²) in [7, 11) is 2.10.